The van der Waals surface area contributed by atoms with Crippen LogP contribution >= 0.6 is 0 Å². The predicted molar refractivity (Wildman–Crippen MR) is 108 cm³/mol. The maximum Gasteiger partial charge on any atom is 0.249 e. The van der Waals surface area contributed by atoms with Crippen molar-refractivity contribution in [1.29, 1.82) is 0 Å². The molecule has 3 aliphatic rings. The second-order valence-corrected chi connectivity index (χ2v) is 7.69. The summed E-state index contributed by atoms with van der Waals surface area (Å²) in [6, 6.07) is 8.54. The van der Waals surface area contributed by atoms with E-state index in [9.17, 15) is 4.79 Å². The van der Waals surface area contributed by atoms with Gasteiger partial charge >= 0.3 is 0 Å². The van der Waals surface area contributed by atoms with E-state index in [0.717, 1.165) is 63.0 Å². The van der Waals surface area contributed by atoms with Gasteiger partial charge < -0.3 is 19.4 Å². The van der Waals surface area contributed by atoms with Crippen LogP contribution in [0.1, 0.15) is 24.2 Å². The van der Waals surface area contributed by atoms with Gasteiger partial charge in [-0.15, -0.1) is 0 Å². The second kappa shape index (κ2) is 7.05. The predicted octanol–water partition coefficient (Wildman–Crippen LogP) is 1.85. The zero-order chi connectivity index (χ0) is 19.1. The van der Waals surface area contributed by atoms with Crippen LogP contribution in [0.3, 0.4) is 0 Å². The third-order valence-corrected chi connectivity index (χ3v) is 5.95. The van der Waals surface area contributed by atoms with Crippen LogP contribution in [-0.2, 0) is 16.0 Å². The Balaban J connectivity index is 1.41. The van der Waals surface area contributed by atoms with Gasteiger partial charge in [0.05, 0.1) is 19.4 Å². The minimum atomic E-state index is -0.0649. The number of benzene rings is 1. The number of likely N-dealkylation sites (N-methyl/N-ethyl adjacent to an activating group) is 1. The van der Waals surface area contributed by atoms with E-state index in [-0.39, 0.29) is 11.9 Å². The van der Waals surface area contributed by atoms with Crippen LogP contribution in [0.2, 0.25) is 0 Å². The summed E-state index contributed by atoms with van der Waals surface area (Å²) in [6.45, 7) is 4.30. The highest BCUT2D eigenvalue weighted by molar-refractivity contribution is 6.04. The summed E-state index contributed by atoms with van der Waals surface area (Å²) in [5.41, 5.74) is 3.24. The smallest absolute Gasteiger partial charge is 0.249 e. The van der Waals surface area contributed by atoms with Gasteiger partial charge in [0.2, 0.25) is 5.91 Å². The Labute approximate surface area is 164 Å². The van der Waals surface area contributed by atoms with Gasteiger partial charge in [0, 0.05) is 38.8 Å². The van der Waals surface area contributed by atoms with Gasteiger partial charge in [-0.05, 0) is 30.5 Å². The van der Waals surface area contributed by atoms with Crippen LogP contribution in [0.4, 0.5) is 17.2 Å². The highest BCUT2D eigenvalue weighted by atomic mass is 16.5. The summed E-state index contributed by atoms with van der Waals surface area (Å²) in [5, 5.41) is 0. The van der Waals surface area contributed by atoms with Gasteiger partial charge in [-0.2, -0.15) is 0 Å². The molecule has 1 amide bonds. The number of hydrogen-bond donors (Lipinski definition) is 0. The molecule has 2 fully saturated rings. The molecule has 2 aromatic rings. The summed E-state index contributed by atoms with van der Waals surface area (Å²) in [7, 11) is 1.83. The number of amides is 1. The highest BCUT2D eigenvalue weighted by Gasteiger charge is 2.40. The van der Waals surface area contributed by atoms with Gasteiger partial charge in [0.15, 0.2) is 5.82 Å². The van der Waals surface area contributed by atoms with Crippen molar-refractivity contribution in [3.63, 3.8) is 0 Å². The quantitative estimate of drug-likeness (QED) is 0.811. The molecule has 0 spiro atoms. The fourth-order valence-electron chi connectivity index (χ4n) is 4.42. The van der Waals surface area contributed by atoms with E-state index in [2.05, 4.69) is 39.0 Å². The fraction of sp³-hybridized carbons (Fsp3) is 0.476. The maximum absolute atomic E-state index is 12.5. The van der Waals surface area contributed by atoms with E-state index >= 15 is 0 Å². The van der Waals surface area contributed by atoms with Crippen molar-refractivity contribution in [3.05, 3.63) is 41.9 Å². The van der Waals surface area contributed by atoms with Crippen molar-refractivity contribution in [2.75, 3.05) is 54.6 Å². The number of nitrogens with zero attached hydrogens (tertiary/aromatic N) is 5. The number of hydrogen-bond acceptors (Lipinski definition) is 6. The van der Waals surface area contributed by atoms with E-state index in [1.54, 1.807) is 11.1 Å². The van der Waals surface area contributed by atoms with E-state index in [4.69, 9.17) is 9.72 Å². The molecule has 7 heteroatoms. The van der Waals surface area contributed by atoms with Crippen molar-refractivity contribution in [2.45, 2.75) is 25.3 Å². The molecule has 146 valence electrons. The minimum Gasteiger partial charge on any atom is -0.378 e. The molecule has 0 bridgehead atoms. The van der Waals surface area contributed by atoms with Crippen LogP contribution in [0.5, 0.6) is 0 Å². The molecule has 0 N–H and O–H groups in total. The summed E-state index contributed by atoms with van der Waals surface area (Å²) in [6.07, 6.45) is 4.42. The number of carbonyl (C=O) groups excluding carboxylic acids is 1. The molecule has 1 aromatic heterocycles. The molecule has 0 aliphatic carbocycles. The Kier molecular flexibility index (Phi) is 4.39. The third kappa shape index (κ3) is 2.99. The first kappa shape index (κ1) is 17.4. The first-order valence-electron chi connectivity index (χ1n) is 10.0. The van der Waals surface area contributed by atoms with Gasteiger partial charge in [0.1, 0.15) is 17.6 Å². The van der Waals surface area contributed by atoms with Gasteiger partial charge in [-0.25, -0.2) is 9.97 Å². The Hall–Kier alpha value is -2.67. The standard InChI is InChI=1S/C21H25N5O2/c1-24-18-14-22-19(23-20(18)26-7-3-6-17(26)21(24)27)13-15-4-2-5-16(12-15)25-8-10-28-11-9-25/h2,4-5,12,14,17H,3,6-11,13H2,1H3/t17-/m1/s1. The third-order valence-electron chi connectivity index (χ3n) is 5.95. The monoisotopic (exact) mass is 379 g/mol. The Morgan fingerprint density at radius 2 is 2.07 bits per heavy atom. The molecule has 0 saturated carbocycles. The molecule has 0 unspecified atom stereocenters. The second-order valence-electron chi connectivity index (χ2n) is 7.69. The average Bonchev–Trinajstić information content (AvgIpc) is 3.23. The Morgan fingerprint density at radius 1 is 1.21 bits per heavy atom. The fourth-order valence-corrected chi connectivity index (χ4v) is 4.42. The topological polar surface area (TPSA) is 61.8 Å². The highest BCUT2D eigenvalue weighted by Crippen LogP contribution is 2.37. The van der Waals surface area contributed by atoms with E-state index in [1.165, 1.54) is 11.3 Å². The molecule has 7 nitrogen and oxygen atoms in total. The summed E-state index contributed by atoms with van der Waals surface area (Å²) in [4.78, 5) is 28.2. The lowest BCUT2D eigenvalue weighted by atomic mass is 10.1. The van der Waals surface area contributed by atoms with Crippen molar-refractivity contribution in [2.24, 2.45) is 0 Å². The van der Waals surface area contributed by atoms with Crippen LogP contribution in [0, 0.1) is 0 Å². The van der Waals surface area contributed by atoms with Crippen molar-refractivity contribution >= 4 is 23.1 Å². The lowest BCUT2D eigenvalue weighted by Gasteiger charge is -2.36. The summed E-state index contributed by atoms with van der Waals surface area (Å²) < 4.78 is 5.46. The Morgan fingerprint density at radius 3 is 2.93 bits per heavy atom. The molecule has 28 heavy (non-hydrogen) atoms. The first-order chi connectivity index (χ1) is 13.7. The van der Waals surface area contributed by atoms with Crippen LogP contribution in [0.25, 0.3) is 0 Å². The molecule has 1 atom stereocenters. The zero-order valence-corrected chi connectivity index (χ0v) is 16.2. The van der Waals surface area contributed by atoms with Gasteiger partial charge in [0.25, 0.3) is 0 Å². The molecule has 5 rings (SSSR count). The van der Waals surface area contributed by atoms with E-state index in [1.807, 2.05) is 7.05 Å². The minimum absolute atomic E-state index is 0.0649. The zero-order valence-electron chi connectivity index (χ0n) is 16.2. The molecule has 2 saturated heterocycles. The average molecular weight is 379 g/mol. The number of morpholine rings is 1. The van der Waals surface area contributed by atoms with Crippen LogP contribution in [-0.4, -0.2) is 61.8 Å². The number of rotatable bonds is 3. The van der Waals surface area contributed by atoms with Gasteiger partial charge in [-0.1, -0.05) is 12.1 Å². The molecular formula is C21H25N5O2. The van der Waals surface area contributed by atoms with E-state index < -0.39 is 0 Å². The lowest BCUT2D eigenvalue weighted by Crippen LogP contribution is -2.49. The molecule has 0 radical (unpaired) electrons. The largest absolute Gasteiger partial charge is 0.378 e. The van der Waals surface area contributed by atoms with Crippen molar-refractivity contribution in [3.8, 4) is 0 Å². The number of ether oxygens (including phenoxy) is 1. The van der Waals surface area contributed by atoms with Crippen LogP contribution in [0.15, 0.2) is 30.5 Å². The molecule has 1 aromatic carbocycles. The van der Waals surface area contributed by atoms with Crippen LogP contribution < -0.4 is 14.7 Å². The number of fused-ring (bicyclic) bond motifs is 3. The molecule has 3 aliphatic heterocycles. The SMILES string of the molecule is CN1C(=O)[C@H]2CCCN2c2nc(Cc3cccc(N4CCOCC4)c3)ncc21. The van der Waals surface area contributed by atoms with Gasteiger partial charge in [-0.3, -0.25) is 4.79 Å². The number of aromatic nitrogens is 2. The van der Waals surface area contributed by atoms with E-state index in [0.29, 0.717) is 6.42 Å². The molecular weight excluding hydrogens is 354 g/mol. The molecule has 4 heterocycles. The van der Waals surface area contributed by atoms with Crippen molar-refractivity contribution in [1.82, 2.24) is 9.97 Å². The van der Waals surface area contributed by atoms with Crippen molar-refractivity contribution < 1.29 is 9.53 Å². The summed E-state index contributed by atoms with van der Waals surface area (Å²) >= 11 is 0. The maximum atomic E-state index is 12.5. The first-order valence-corrected chi connectivity index (χ1v) is 10.0. The lowest BCUT2D eigenvalue weighted by molar-refractivity contribution is -0.119. The number of anilines is 3. The summed E-state index contributed by atoms with van der Waals surface area (Å²) in [5.74, 6) is 1.85. The number of carbonyl (C=O) groups is 1. The normalized spacial score (nSPS) is 21.7. The Bertz CT molecular complexity index is 896.